The van der Waals surface area contributed by atoms with Crippen LogP contribution in [0, 0.1) is 5.92 Å². The maximum atomic E-state index is 12.6. The average molecular weight is 319 g/mol. The molecule has 0 N–H and O–H groups in total. The Bertz CT molecular complexity index is 591. The second-order valence-corrected chi connectivity index (χ2v) is 6.09. The van der Waals surface area contributed by atoms with Crippen LogP contribution in [-0.2, 0) is 4.79 Å². The summed E-state index contributed by atoms with van der Waals surface area (Å²) in [7, 11) is 7.20. The third-order valence-corrected chi connectivity index (χ3v) is 4.13. The number of carbonyl (C=O) groups is 2. The normalized spacial score (nSPS) is 23.4. The zero-order chi connectivity index (χ0) is 17.1. The van der Waals surface area contributed by atoms with E-state index in [0.717, 1.165) is 35.6 Å². The quantitative estimate of drug-likeness (QED) is 0.716. The standard InChI is InChI=1S/C16H25N5O2/c1-6-11-10-18-14-12(13(11)17-8-7-9-19(2)3)15(22)21(5)16(23)20(14)4/h10,12H,6-9H2,1-5H3. The lowest BCUT2D eigenvalue weighted by molar-refractivity contribution is -0.128. The van der Waals surface area contributed by atoms with E-state index in [1.807, 2.05) is 21.0 Å². The van der Waals surface area contributed by atoms with E-state index < -0.39 is 5.92 Å². The van der Waals surface area contributed by atoms with Crippen molar-refractivity contribution in [1.82, 2.24) is 14.7 Å². The van der Waals surface area contributed by atoms with Gasteiger partial charge in [-0.3, -0.25) is 19.6 Å². The number of imide groups is 1. The molecule has 0 aromatic heterocycles. The van der Waals surface area contributed by atoms with Crippen molar-refractivity contribution in [2.45, 2.75) is 19.8 Å². The van der Waals surface area contributed by atoms with Gasteiger partial charge in [-0.15, -0.1) is 0 Å². The van der Waals surface area contributed by atoms with Gasteiger partial charge in [-0.25, -0.2) is 9.79 Å². The number of carbonyl (C=O) groups excluding carboxylic acids is 2. The molecule has 3 amide bonds. The Labute approximate surface area is 137 Å². The number of urea groups is 1. The summed E-state index contributed by atoms with van der Waals surface area (Å²) >= 11 is 0. The lowest BCUT2D eigenvalue weighted by Gasteiger charge is -2.38. The molecular weight excluding hydrogens is 294 g/mol. The van der Waals surface area contributed by atoms with Crippen LogP contribution in [-0.4, -0.2) is 79.5 Å². The van der Waals surface area contributed by atoms with E-state index in [9.17, 15) is 9.59 Å². The number of nitrogens with zero attached hydrogens (tertiary/aromatic N) is 5. The molecule has 0 aromatic carbocycles. The van der Waals surface area contributed by atoms with Crippen LogP contribution in [0.4, 0.5) is 4.79 Å². The van der Waals surface area contributed by atoms with E-state index in [1.54, 1.807) is 13.2 Å². The number of fused-ring (bicyclic) bond motifs is 1. The molecule has 23 heavy (non-hydrogen) atoms. The summed E-state index contributed by atoms with van der Waals surface area (Å²) in [5.74, 6) is -0.346. The van der Waals surface area contributed by atoms with Crippen molar-refractivity contribution in [3.63, 3.8) is 0 Å². The van der Waals surface area contributed by atoms with Crippen molar-refractivity contribution in [1.29, 1.82) is 0 Å². The molecule has 2 heterocycles. The second-order valence-electron chi connectivity index (χ2n) is 6.09. The highest BCUT2D eigenvalue weighted by molar-refractivity contribution is 6.33. The van der Waals surface area contributed by atoms with E-state index in [1.165, 1.54) is 11.9 Å². The molecule has 0 saturated carbocycles. The van der Waals surface area contributed by atoms with Gasteiger partial charge in [0.2, 0.25) is 5.91 Å². The molecule has 0 spiro atoms. The SMILES string of the molecule is CCC1=CN=C2C(C(=O)N(C)C(=O)N2C)C1=NCCCN(C)C. The lowest BCUT2D eigenvalue weighted by atomic mass is 9.89. The Kier molecular flexibility index (Phi) is 5.30. The predicted molar refractivity (Wildman–Crippen MR) is 90.7 cm³/mol. The maximum Gasteiger partial charge on any atom is 0.331 e. The highest BCUT2D eigenvalue weighted by Crippen LogP contribution is 2.26. The molecule has 1 saturated heterocycles. The van der Waals surface area contributed by atoms with Crippen molar-refractivity contribution in [3.05, 3.63) is 11.8 Å². The zero-order valence-corrected chi connectivity index (χ0v) is 14.5. The van der Waals surface area contributed by atoms with Gasteiger partial charge in [-0.2, -0.15) is 0 Å². The first-order valence-corrected chi connectivity index (χ1v) is 7.89. The lowest BCUT2D eigenvalue weighted by Crippen LogP contribution is -2.59. The number of aliphatic imine (C=N–C) groups is 2. The van der Waals surface area contributed by atoms with Crippen molar-refractivity contribution >= 4 is 23.5 Å². The predicted octanol–water partition coefficient (Wildman–Crippen LogP) is 1.23. The van der Waals surface area contributed by atoms with Crippen molar-refractivity contribution in [3.8, 4) is 0 Å². The smallest absolute Gasteiger partial charge is 0.309 e. The molecule has 2 aliphatic rings. The van der Waals surface area contributed by atoms with Crippen LogP contribution in [0.15, 0.2) is 21.8 Å². The molecule has 1 fully saturated rings. The van der Waals surface area contributed by atoms with Gasteiger partial charge in [-0.1, -0.05) is 6.92 Å². The Hall–Kier alpha value is -2.02. The number of hydrogen-bond donors (Lipinski definition) is 0. The highest BCUT2D eigenvalue weighted by Gasteiger charge is 2.45. The Balaban J connectivity index is 2.31. The molecule has 2 rings (SSSR count). The molecule has 0 bridgehead atoms. The fourth-order valence-corrected chi connectivity index (χ4v) is 2.76. The molecule has 1 atom stereocenters. The molecule has 2 aliphatic heterocycles. The molecular formula is C16H25N5O2. The highest BCUT2D eigenvalue weighted by atomic mass is 16.2. The van der Waals surface area contributed by atoms with Gasteiger partial charge in [0.05, 0.1) is 5.71 Å². The van der Waals surface area contributed by atoms with Gasteiger partial charge in [0.25, 0.3) is 0 Å². The van der Waals surface area contributed by atoms with Gasteiger partial charge in [0, 0.05) is 26.8 Å². The van der Waals surface area contributed by atoms with E-state index in [4.69, 9.17) is 4.99 Å². The largest absolute Gasteiger partial charge is 0.331 e. The molecule has 0 aliphatic carbocycles. The molecule has 0 radical (unpaired) electrons. The number of rotatable bonds is 5. The summed E-state index contributed by atoms with van der Waals surface area (Å²) < 4.78 is 0. The number of allylic oxidation sites excluding steroid dienone is 1. The molecule has 126 valence electrons. The van der Waals surface area contributed by atoms with E-state index in [-0.39, 0.29) is 11.9 Å². The average Bonchev–Trinajstić information content (AvgIpc) is 2.53. The van der Waals surface area contributed by atoms with Crippen molar-refractivity contribution < 1.29 is 9.59 Å². The minimum atomic E-state index is -0.568. The van der Waals surface area contributed by atoms with Crippen LogP contribution in [0.2, 0.25) is 0 Å². The molecule has 0 aromatic rings. The third kappa shape index (κ3) is 3.34. The van der Waals surface area contributed by atoms with Crippen LogP contribution in [0.5, 0.6) is 0 Å². The van der Waals surface area contributed by atoms with Crippen LogP contribution in [0.3, 0.4) is 0 Å². The van der Waals surface area contributed by atoms with Gasteiger partial charge < -0.3 is 4.90 Å². The minimum absolute atomic E-state index is 0.253. The fraction of sp³-hybridized carbons (Fsp3) is 0.625. The van der Waals surface area contributed by atoms with E-state index in [2.05, 4.69) is 9.89 Å². The van der Waals surface area contributed by atoms with Crippen molar-refractivity contribution in [2.75, 3.05) is 41.3 Å². The summed E-state index contributed by atoms with van der Waals surface area (Å²) in [4.78, 5) is 38.4. The van der Waals surface area contributed by atoms with Crippen LogP contribution >= 0.6 is 0 Å². The first-order valence-electron chi connectivity index (χ1n) is 7.89. The maximum absolute atomic E-state index is 12.6. The molecule has 7 nitrogen and oxygen atoms in total. The summed E-state index contributed by atoms with van der Waals surface area (Å²) in [5, 5.41) is 0. The minimum Gasteiger partial charge on any atom is -0.309 e. The first-order chi connectivity index (χ1) is 10.9. The van der Waals surface area contributed by atoms with Gasteiger partial charge in [-0.05, 0) is 39.1 Å². The van der Waals surface area contributed by atoms with Gasteiger partial charge in [0.15, 0.2) is 0 Å². The van der Waals surface area contributed by atoms with Crippen molar-refractivity contribution in [2.24, 2.45) is 15.9 Å². The van der Waals surface area contributed by atoms with Crippen LogP contribution in [0.25, 0.3) is 0 Å². The van der Waals surface area contributed by atoms with E-state index >= 15 is 0 Å². The van der Waals surface area contributed by atoms with Crippen LogP contribution < -0.4 is 0 Å². The van der Waals surface area contributed by atoms with Crippen LogP contribution in [0.1, 0.15) is 19.8 Å². The zero-order valence-electron chi connectivity index (χ0n) is 14.5. The summed E-state index contributed by atoms with van der Waals surface area (Å²) in [5.41, 5.74) is 1.72. The monoisotopic (exact) mass is 319 g/mol. The molecule has 7 heteroatoms. The summed E-state index contributed by atoms with van der Waals surface area (Å²) in [6, 6.07) is -0.356. The van der Waals surface area contributed by atoms with Gasteiger partial charge >= 0.3 is 6.03 Å². The van der Waals surface area contributed by atoms with E-state index in [0.29, 0.717) is 12.4 Å². The third-order valence-electron chi connectivity index (χ3n) is 4.13. The number of hydrogen-bond acceptors (Lipinski definition) is 5. The Morgan fingerprint density at radius 1 is 1.26 bits per heavy atom. The molecule has 1 unspecified atom stereocenters. The number of amidine groups is 1. The Morgan fingerprint density at radius 3 is 2.57 bits per heavy atom. The topological polar surface area (TPSA) is 68.6 Å². The summed E-state index contributed by atoms with van der Waals surface area (Å²) in [6.07, 6.45) is 3.42. The Morgan fingerprint density at radius 2 is 1.96 bits per heavy atom. The fourth-order valence-electron chi connectivity index (χ4n) is 2.76. The first kappa shape index (κ1) is 17.3. The van der Waals surface area contributed by atoms with Gasteiger partial charge in [0.1, 0.15) is 11.8 Å². The number of amides is 3. The summed E-state index contributed by atoms with van der Waals surface area (Å²) in [6.45, 7) is 3.62. The second kappa shape index (κ2) is 7.04.